The molecule has 16 heavy (non-hydrogen) atoms. The number of aromatic amines is 1. The highest BCUT2D eigenvalue weighted by Crippen LogP contribution is 2.16. The second-order valence-corrected chi connectivity index (χ2v) is 4.77. The third-order valence-electron chi connectivity index (χ3n) is 1.79. The van der Waals surface area contributed by atoms with Gasteiger partial charge in [0.2, 0.25) is 0 Å². The van der Waals surface area contributed by atoms with Gasteiger partial charge in [-0.3, -0.25) is 4.79 Å². The van der Waals surface area contributed by atoms with Crippen molar-refractivity contribution in [3.8, 4) is 0 Å². The summed E-state index contributed by atoms with van der Waals surface area (Å²) in [6.07, 6.45) is -1.25. The van der Waals surface area contributed by atoms with E-state index in [9.17, 15) is 13.6 Å². The molecule has 1 N–H and O–H groups in total. The quantitative estimate of drug-likeness (QED) is 0.598. The molecule has 0 radical (unpaired) electrons. The molecule has 8 heteroatoms. The molecule has 0 amide bonds. The maximum Gasteiger partial charge on any atom is 0.266 e. The van der Waals surface area contributed by atoms with E-state index in [0.717, 1.165) is 0 Å². The highest BCUT2D eigenvalue weighted by atomic mass is 127. The fraction of sp³-hybridized carbons (Fsp3) is 0.500. The van der Waals surface area contributed by atoms with E-state index in [2.05, 4.69) is 25.9 Å². The van der Waals surface area contributed by atoms with Crippen LogP contribution in [-0.2, 0) is 0 Å². The zero-order valence-electron chi connectivity index (χ0n) is 8.09. The SMILES string of the molecule is O=c1[nH]cnc(N(CCBr)CC(F)F)c1I. The minimum atomic E-state index is -2.46. The van der Waals surface area contributed by atoms with E-state index in [0.29, 0.717) is 21.3 Å². The molecule has 1 aromatic heterocycles. The van der Waals surface area contributed by atoms with E-state index in [1.54, 1.807) is 22.6 Å². The second-order valence-electron chi connectivity index (χ2n) is 2.90. The van der Waals surface area contributed by atoms with Crippen molar-refractivity contribution in [1.82, 2.24) is 9.97 Å². The van der Waals surface area contributed by atoms with E-state index in [1.165, 1.54) is 11.2 Å². The van der Waals surface area contributed by atoms with Gasteiger partial charge in [0.1, 0.15) is 9.39 Å². The van der Waals surface area contributed by atoms with Gasteiger partial charge in [-0.1, -0.05) is 15.9 Å². The summed E-state index contributed by atoms with van der Waals surface area (Å²) in [5, 5.41) is 0.532. The van der Waals surface area contributed by atoms with Crippen molar-refractivity contribution in [2.24, 2.45) is 0 Å². The minimum absolute atomic E-state index is 0.295. The first-order valence-electron chi connectivity index (χ1n) is 4.38. The van der Waals surface area contributed by atoms with Crippen molar-refractivity contribution in [1.29, 1.82) is 0 Å². The van der Waals surface area contributed by atoms with Crippen molar-refractivity contribution < 1.29 is 8.78 Å². The van der Waals surface area contributed by atoms with Crippen molar-refractivity contribution in [3.05, 3.63) is 20.3 Å². The molecule has 1 aromatic rings. The van der Waals surface area contributed by atoms with E-state index >= 15 is 0 Å². The molecule has 0 bridgehead atoms. The summed E-state index contributed by atoms with van der Waals surface area (Å²) in [5.41, 5.74) is -0.320. The monoisotopic (exact) mass is 407 g/mol. The lowest BCUT2D eigenvalue weighted by molar-refractivity contribution is 0.155. The maximum atomic E-state index is 12.4. The molecule has 0 aliphatic carbocycles. The predicted octanol–water partition coefficient (Wildman–Crippen LogP) is 1.84. The van der Waals surface area contributed by atoms with Crippen LogP contribution in [0.5, 0.6) is 0 Å². The fourth-order valence-corrected chi connectivity index (χ4v) is 2.21. The van der Waals surface area contributed by atoms with Crippen molar-refractivity contribution >= 4 is 44.3 Å². The van der Waals surface area contributed by atoms with Crippen molar-refractivity contribution in [2.75, 3.05) is 23.3 Å². The number of nitrogens with one attached hydrogen (secondary N) is 1. The molecule has 90 valence electrons. The van der Waals surface area contributed by atoms with Crippen molar-refractivity contribution in [3.63, 3.8) is 0 Å². The molecule has 1 rings (SSSR count). The predicted molar refractivity (Wildman–Crippen MR) is 69.6 cm³/mol. The molecule has 4 nitrogen and oxygen atoms in total. The van der Waals surface area contributed by atoms with E-state index in [-0.39, 0.29) is 5.56 Å². The molecular formula is C8H9BrF2IN3O. The van der Waals surface area contributed by atoms with Crippen LogP contribution in [0.3, 0.4) is 0 Å². The summed E-state index contributed by atoms with van der Waals surface area (Å²) in [4.78, 5) is 19.0. The topological polar surface area (TPSA) is 49.0 Å². The van der Waals surface area contributed by atoms with Crippen LogP contribution in [0.25, 0.3) is 0 Å². The van der Waals surface area contributed by atoms with Crippen LogP contribution in [0.15, 0.2) is 11.1 Å². The number of aromatic nitrogens is 2. The molecule has 0 saturated carbocycles. The number of rotatable bonds is 5. The lowest BCUT2D eigenvalue weighted by atomic mass is 10.4. The third kappa shape index (κ3) is 3.65. The Labute approximate surface area is 113 Å². The first-order chi connectivity index (χ1) is 7.56. The largest absolute Gasteiger partial charge is 0.349 e. The summed E-state index contributed by atoms with van der Waals surface area (Å²) in [6, 6.07) is 0. The van der Waals surface area contributed by atoms with Gasteiger partial charge in [0.15, 0.2) is 0 Å². The second kappa shape index (κ2) is 6.48. The van der Waals surface area contributed by atoms with Gasteiger partial charge in [-0.05, 0) is 22.6 Å². The summed E-state index contributed by atoms with van der Waals surface area (Å²) < 4.78 is 25.0. The van der Waals surface area contributed by atoms with E-state index < -0.39 is 13.0 Å². The zero-order valence-corrected chi connectivity index (χ0v) is 11.8. The Morgan fingerprint density at radius 1 is 1.62 bits per heavy atom. The van der Waals surface area contributed by atoms with Gasteiger partial charge < -0.3 is 9.88 Å². The lowest BCUT2D eigenvalue weighted by Gasteiger charge is -2.22. The molecule has 0 unspecified atom stereocenters. The van der Waals surface area contributed by atoms with Gasteiger partial charge in [-0.2, -0.15) is 0 Å². The molecular weight excluding hydrogens is 399 g/mol. The number of H-pyrrole nitrogens is 1. The Bertz CT molecular complexity index is 401. The number of halogens is 4. The van der Waals surface area contributed by atoms with Gasteiger partial charge in [0.25, 0.3) is 12.0 Å². The van der Waals surface area contributed by atoms with Crippen LogP contribution < -0.4 is 10.5 Å². The van der Waals surface area contributed by atoms with Gasteiger partial charge in [-0.25, -0.2) is 13.8 Å². The Morgan fingerprint density at radius 2 is 2.31 bits per heavy atom. The van der Waals surface area contributed by atoms with Gasteiger partial charge in [-0.15, -0.1) is 0 Å². The average molecular weight is 408 g/mol. The minimum Gasteiger partial charge on any atom is -0.349 e. The normalized spacial score (nSPS) is 10.8. The molecule has 0 saturated heterocycles. The zero-order chi connectivity index (χ0) is 12.1. The number of hydrogen-bond donors (Lipinski definition) is 1. The Hall–Kier alpha value is -0.250. The lowest BCUT2D eigenvalue weighted by Crippen LogP contribution is -2.33. The van der Waals surface area contributed by atoms with Gasteiger partial charge in [0.05, 0.1) is 12.9 Å². The maximum absolute atomic E-state index is 12.4. The smallest absolute Gasteiger partial charge is 0.266 e. The van der Waals surface area contributed by atoms with Crippen LogP contribution in [0.2, 0.25) is 0 Å². The summed E-state index contributed by atoms with van der Waals surface area (Å²) in [7, 11) is 0. The van der Waals surface area contributed by atoms with E-state index in [1.807, 2.05) is 0 Å². The average Bonchev–Trinajstić information content (AvgIpc) is 2.21. The fourth-order valence-electron chi connectivity index (χ4n) is 1.15. The van der Waals surface area contributed by atoms with Crippen LogP contribution in [0.1, 0.15) is 0 Å². The Balaban J connectivity index is 3.00. The van der Waals surface area contributed by atoms with Crippen molar-refractivity contribution in [2.45, 2.75) is 6.43 Å². The number of nitrogens with zero attached hydrogens (tertiary/aromatic N) is 2. The molecule has 0 atom stereocenters. The molecule has 0 spiro atoms. The Morgan fingerprint density at radius 3 is 2.88 bits per heavy atom. The number of alkyl halides is 3. The van der Waals surface area contributed by atoms with Crippen LogP contribution in [0.4, 0.5) is 14.6 Å². The molecule has 0 aliphatic heterocycles. The first kappa shape index (κ1) is 13.8. The third-order valence-corrected chi connectivity index (χ3v) is 3.12. The molecule has 1 heterocycles. The van der Waals surface area contributed by atoms with Crippen LogP contribution >= 0.6 is 38.5 Å². The highest BCUT2D eigenvalue weighted by Gasteiger charge is 2.17. The van der Waals surface area contributed by atoms with Gasteiger partial charge in [0, 0.05) is 11.9 Å². The van der Waals surface area contributed by atoms with E-state index in [4.69, 9.17) is 0 Å². The number of hydrogen-bond acceptors (Lipinski definition) is 3. The standard InChI is InChI=1S/C8H9BrF2IN3O/c9-1-2-15(3-5(10)11)7-6(12)8(16)14-4-13-7/h4-5H,1-3H2,(H,13,14,16). The first-order valence-corrected chi connectivity index (χ1v) is 6.58. The van der Waals surface area contributed by atoms with Crippen LogP contribution in [0, 0.1) is 3.57 Å². The summed E-state index contributed by atoms with van der Waals surface area (Å²) >= 11 is 4.98. The molecule has 0 fully saturated rings. The summed E-state index contributed by atoms with van der Waals surface area (Å²) in [5.74, 6) is 0.295. The van der Waals surface area contributed by atoms with Crippen LogP contribution in [-0.4, -0.2) is 34.8 Å². The molecule has 0 aromatic carbocycles. The molecule has 0 aliphatic rings. The Kier molecular flexibility index (Phi) is 5.59. The van der Waals surface area contributed by atoms with Gasteiger partial charge >= 0.3 is 0 Å². The number of anilines is 1. The summed E-state index contributed by atoms with van der Waals surface area (Å²) in [6.45, 7) is -0.0607. The highest BCUT2D eigenvalue weighted by molar-refractivity contribution is 14.1.